The molecule has 2 amide bonds. The van der Waals surface area contributed by atoms with E-state index < -0.39 is 0 Å². The lowest BCUT2D eigenvalue weighted by atomic mass is 9.99. The predicted octanol–water partition coefficient (Wildman–Crippen LogP) is 1.97. The first-order chi connectivity index (χ1) is 12.4. The molecule has 27 heavy (non-hydrogen) atoms. The number of ketones is 1. The molecule has 0 aliphatic carbocycles. The zero-order valence-electron chi connectivity index (χ0n) is 16.4. The molecule has 1 aliphatic rings. The largest absolute Gasteiger partial charge is 0.354 e. The van der Waals surface area contributed by atoms with Crippen LogP contribution in [-0.4, -0.2) is 53.2 Å². The number of nitrogens with two attached hydrogens (primary N) is 1. The SMILES string of the molecule is CCc1c(C(=O)N2CCCCC2CNC(=O)CCN)[nH]c(C)c1C(C)=O.Cl. The van der Waals surface area contributed by atoms with Crippen LogP contribution in [0, 0.1) is 6.92 Å². The van der Waals surface area contributed by atoms with Crippen LogP contribution in [-0.2, 0) is 11.2 Å². The molecular weight excluding hydrogens is 368 g/mol. The first-order valence-corrected chi connectivity index (χ1v) is 9.40. The van der Waals surface area contributed by atoms with Gasteiger partial charge in [-0.2, -0.15) is 0 Å². The minimum absolute atomic E-state index is 0. The predicted molar refractivity (Wildman–Crippen MR) is 108 cm³/mol. The summed E-state index contributed by atoms with van der Waals surface area (Å²) in [6, 6.07) is -0.0351. The number of likely N-dealkylation sites (tertiary alicyclic amines) is 1. The van der Waals surface area contributed by atoms with E-state index >= 15 is 0 Å². The van der Waals surface area contributed by atoms with Crippen molar-refractivity contribution in [1.29, 1.82) is 0 Å². The Kier molecular flexibility index (Phi) is 8.99. The van der Waals surface area contributed by atoms with Gasteiger partial charge in [-0.05, 0) is 45.1 Å². The van der Waals surface area contributed by atoms with Crippen LogP contribution in [0.15, 0.2) is 0 Å². The molecule has 0 saturated carbocycles. The van der Waals surface area contributed by atoms with Gasteiger partial charge in [-0.3, -0.25) is 14.4 Å². The molecule has 0 spiro atoms. The zero-order chi connectivity index (χ0) is 19.3. The number of amides is 2. The fourth-order valence-corrected chi connectivity index (χ4v) is 3.76. The fraction of sp³-hybridized carbons (Fsp3) is 0.632. The number of piperidine rings is 1. The standard InChI is InChI=1S/C19H30N4O3.ClH/c1-4-15-17(13(3)24)12(2)22-18(15)19(26)23-10-6-5-7-14(23)11-21-16(25)8-9-20;/h14,22H,4-11,20H2,1-3H3,(H,21,25);1H. The van der Waals surface area contributed by atoms with E-state index in [-0.39, 0.29) is 36.0 Å². The molecule has 1 aliphatic heterocycles. The number of aryl methyl sites for hydroxylation is 1. The van der Waals surface area contributed by atoms with Crippen LogP contribution in [0.1, 0.15) is 71.6 Å². The van der Waals surface area contributed by atoms with Crippen molar-refractivity contribution in [1.82, 2.24) is 15.2 Å². The van der Waals surface area contributed by atoms with Crippen molar-refractivity contribution < 1.29 is 14.4 Å². The van der Waals surface area contributed by atoms with Crippen molar-refractivity contribution in [3.8, 4) is 0 Å². The van der Waals surface area contributed by atoms with Gasteiger partial charge in [0.25, 0.3) is 5.91 Å². The minimum Gasteiger partial charge on any atom is -0.354 e. The Hall–Kier alpha value is -1.86. The minimum atomic E-state index is -0.0886. The van der Waals surface area contributed by atoms with Gasteiger partial charge in [-0.25, -0.2) is 0 Å². The third-order valence-corrected chi connectivity index (χ3v) is 5.00. The molecule has 1 fully saturated rings. The van der Waals surface area contributed by atoms with Gasteiger partial charge in [0, 0.05) is 43.4 Å². The second-order valence-corrected chi connectivity index (χ2v) is 6.88. The molecule has 1 aromatic rings. The summed E-state index contributed by atoms with van der Waals surface area (Å²) in [7, 11) is 0. The summed E-state index contributed by atoms with van der Waals surface area (Å²) < 4.78 is 0. The number of nitrogens with zero attached hydrogens (tertiary/aromatic N) is 1. The van der Waals surface area contributed by atoms with Crippen LogP contribution in [0.2, 0.25) is 0 Å². The maximum Gasteiger partial charge on any atom is 0.270 e. The molecule has 2 rings (SSSR count). The monoisotopic (exact) mass is 398 g/mol. The Labute approximate surface area is 166 Å². The Morgan fingerprint density at radius 2 is 2.00 bits per heavy atom. The molecule has 0 aromatic carbocycles. The Bertz CT molecular complexity index is 687. The van der Waals surface area contributed by atoms with Crippen molar-refractivity contribution >= 4 is 30.0 Å². The molecule has 1 atom stereocenters. The van der Waals surface area contributed by atoms with Crippen LogP contribution in [0.3, 0.4) is 0 Å². The maximum atomic E-state index is 13.2. The molecule has 0 bridgehead atoms. The highest BCUT2D eigenvalue weighted by Gasteiger charge is 2.31. The Morgan fingerprint density at radius 1 is 1.30 bits per heavy atom. The van der Waals surface area contributed by atoms with E-state index in [1.165, 1.54) is 6.92 Å². The lowest BCUT2D eigenvalue weighted by Gasteiger charge is -2.36. The average molecular weight is 399 g/mol. The van der Waals surface area contributed by atoms with E-state index in [1.807, 2.05) is 18.7 Å². The lowest BCUT2D eigenvalue weighted by molar-refractivity contribution is -0.121. The summed E-state index contributed by atoms with van der Waals surface area (Å²) in [6.45, 7) is 6.72. The number of Topliss-reactive ketones (excluding diaryl/α,β-unsaturated/α-hetero) is 1. The third kappa shape index (κ3) is 5.32. The van der Waals surface area contributed by atoms with E-state index in [0.29, 0.717) is 43.7 Å². The Morgan fingerprint density at radius 3 is 2.59 bits per heavy atom. The number of aromatic amines is 1. The van der Waals surface area contributed by atoms with Crippen LogP contribution in [0.25, 0.3) is 0 Å². The molecule has 1 aromatic heterocycles. The summed E-state index contributed by atoms with van der Waals surface area (Å²) in [5.74, 6) is -0.205. The van der Waals surface area contributed by atoms with Crippen molar-refractivity contribution in [2.24, 2.45) is 5.73 Å². The van der Waals surface area contributed by atoms with Gasteiger partial charge in [0.1, 0.15) is 5.69 Å². The van der Waals surface area contributed by atoms with Crippen molar-refractivity contribution in [3.63, 3.8) is 0 Å². The van der Waals surface area contributed by atoms with Crippen molar-refractivity contribution in [2.45, 2.75) is 58.9 Å². The Balaban J connectivity index is 0.00000364. The molecule has 152 valence electrons. The van der Waals surface area contributed by atoms with Crippen molar-refractivity contribution in [2.75, 3.05) is 19.6 Å². The van der Waals surface area contributed by atoms with Crippen molar-refractivity contribution in [3.05, 3.63) is 22.5 Å². The van der Waals surface area contributed by atoms with E-state index in [2.05, 4.69) is 10.3 Å². The number of nitrogens with one attached hydrogen (secondary N) is 2. The van der Waals surface area contributed by atoms with E-state index in [1.54, 1.807) is 0 Å². The number of rotatable bonds is 7. The summed E-state index contributed by atoms with van der Waals surface area (Å²) >= 11 is 0. The summed E-state index contributed by atoms with van der Waals surface area (Å²) in [4.78, 5) is 41.8. The summed E-state index contributed by atoms with van der Waals surface area (Å²) in [5.41, 5.74) is 8.07. The molecule has 8 heteroatoms. The quantitative estimate of drug-likeness (QED) is 0.610. The molecule has 1 saturated heterocycles. The van der Waals surface area contributed by atoms with Crippen LogP contribution in [0.5, 0.6) is 0 Å². The van der Waals surface area contributed by atoms with Gasteiger partial charge in [-0.15, -0.1) is 12.4 Å². The van der Waals surface area contributed by atoms with E-state index in [4.69, 9.17) is 5.73 Å². The smallest absolute Gasteiger partial charge is 0.270 e. The van der Waals surface area contributed by atoms with E-state index in [0.717, 1.165) is 30.5 Å². The van der Waals surface area contributed by atoms with Gasteiger partial charge in [0.2, 0.25) is 5.91 Å². The van der Waals surface area contributed by atoms with Crippen LogP contribution < -0.4 is 11.1 Å². The van der Waals surface area contributed by atoms with Gasteiger partial charge in [0.05, 0.1) is 0 Å². The summed E-state index contributed by atoms with van der Waals surface area (Å²) in [6.07, 6.45) is 3.74. The van der Waals surface area contributed by atoms with E-state index in [9.17, 15) is 14.4 Å². The first-order valence-electron chi connectivity index (χ1n) is 9.40. The maximum absolute atomic E-state index is 13.2. The molecule has 7 nitrogen and oxygen atoms in total. The molecular formula is C19H31ClN4O3. The average Bonchev–Trinajstić information content (AvgIpc) is 2.96. The number of aromatic nitrogens is 1. The molecule has 1 unspecified atom stereocenters. The molecule has 0 radical (unpaired) electrons. The highest BCUT2D eigenvalue weighted by molar-refractivity contribution is 6.02. The number of carbonyl (C=O) groups excluding carboxylic acids is 3. The summed E-state index contributed by atoms with van der Waals surface area (Å²) in [5, 5.41) is 2.88. The highest BCUT2D eigenvalue weighted by atomic mass is 35.5. The lowest BCUT2D eigenvalue weighted by Crippen LogP contribution is -2.49. The molecule has 4 N–H and O–H groups in total. The van der Waals surface area contributed by atoms with Crippen LogP contribution >= 0.6 is 12.4 Å². The normalized spacial score (nSPS) is 16.6. The number of carbonyl (C=O) groups is 3. The van der Waals surface area contributed by atoms with Gasteiger partial charge >= 0.3 is 0 Å². The zero-order valence-corrected chi connectivity index (χ0v) is 17.2. The number of H-pyrrole nitrogens is 1. The van der Waals surface area contributed by atoms with Gasteiger partial charge < -0.3 is 20.9 Å². The fourth-order valence-electron chi connectivity index (χ4n) is 3.76. The first kappa shape index (κ1) is 23.2. The van der Waals surface area contributed by atoms with Gasteiger partial charge in [0.15, 0.2) is 5.78 Å². The molecule has 2 heterocycles. The third-order valence-electron chi connectivity index (χ3n) is 5.00. The topological polar surface area (TPSA) is 108 Å². The second-order valence-electron chi connectivity index (χ2n) is 6.88. The van der Waals surface area contributed by atoms with Gasteiger partial charge in [-0.1, -0.05) is 6.92 Å². The number of hydrogen-bond acceptors (Lipinski definition) is 4. The number of hydrogen-bond donors (Lipinski definition) is 3. The highest BCUT2D eigenvalue weighted by Crippen LogP contribution is 2.25. The van der Waals surface area contributed by atoms with Crippen LogP contribution in [0.4, 0.5) is 0 Å². The number of halogens is 1. The second kappa shape index (κ2) is 10.5.